The summed E-state index contributed by atoms with van der Waals surface area (Å²) in [5.74, 6) is -0.0271. The summed E-state index contributed by atoms with van der Waals surface area (Å²) in [5, 5.41) is 0. The molecule has 1 aliphatic carbocycles. The number of amides is 1. The summed E-state index contributed by atoms with van der Waals surface area (Å²) < 4.78 is 0. The van der Waals surface area contributed by atoms with Crippen molar-refractivity contribution < 1.29 is 9.63 Å². The van der Waals surface area contributed by atoms with Gasteiger partial charge in [0.25, 0.3) is 0 Å². The lowest BCUT2D eigenvalue weighted by molar-refractivity contribution is -0.138. The number of nitrogens with one attached hydrogen (secondary N) is 1. The van der Waals surface area contributed by atoms with E-state index in [9.17, 15) is 4.79 Å². The van der Waals surface area contributed by atoms with Crippen LogP contribution in [-0.2, 0) is 16.1 Å². The van der Waals surface area contributed by atoms with Crippen LogP contribution in [0.15, 0.2) is 30.3 Å². The van der Waals surface area contributed by atoms with Crippen LogP contribution in [0, 0.1) is 0 Å². The van der Waals surface area contributed by atoms with Gasteiger partial charge in [0.1, 0.15) is 0 Å². The van der Waals surface area contributed by atoms with E-state index in [-0.39, 0.29) is 12.0 Å². The normalized spacial score (nSPS) is 16.0. The maximum atomic E-state index is 11.5. The van der Waals surface area contributed by atoms with Gasteiger partial charge in [-0.3, -0.25) is 9.63 Å². The molecule has 0 spiro atoms. The van der Waals surface area contributed by atoms with E-state index < -0.39 is 0 Å². The van der Waals surface area contributed by atoms with Crippen LogP contribution in [0.2, 0.25) is 0 Å². The number of carbonyl (C=O) groups is 1. The Morgan fingerprint density at radius 2 is 1.94 bits per heavy atom. The van der Waals surface area contributed by atoms with E-state index in [2.05, 4.69) is 5.48 Å². The molecule has 3 heteroatoms. The summed E-state index contributed by atoms with van der Waals surface area (Å²) in [5.41, 5.74) is 3.74. The standard InChI is InChI=1S/C14H19NO2/c16-14(15-17-13-8-4-5-9-13)11-10-12-6-2-1-3-7-12/h1-3,6-7,13H,4-5,8-11H2,(H,15,16). The third kappa shape index (κ3) is 4.19. The van der Waals surface area contributed by atoms with Crippen LogP contribution in [0.25, 0.3) is 0 Å². The van der Waals surface area contributed by atoms with Crippen molar-refractivity contribution in [1.82, 2.24) is 5.48 Å². The molecule has 0 bridgehead atoms. The van der Waals surface area contributed by atoms with Crippen LogP contribution in [0.5, 0.6) is 0 Å². The smallest absolute Gasteiger partial charge is 0.243 e. The summed E-state index contributed by atoms with van der Waals surface area (Å²) in [4.78, 5) is 16.9. The van der Waals surface area contributed by atoms with Gasteiger partial charge in [0, 0.05) is 6.42 Å². The first-order valence-electron chi connectivity index (χ1n) is 6.33. The predicted molar refractivity (Wildman–Crippen MR) is 66.2 cm³/mol. The summed E-state index contributed by atoms with van der Waals surface area (Å²) in [6, 6.07) is 10.0. The van der Waals surface area contributed by atoms with Gasteiger partial charge in [0.2, 0.25) is 5.91 Å². The molecule has 1 saturated carbocycles. The molecule has 1 aromatic carbocycles. The molecule has 0 atom stereocenters. The van der Waals surface area contributed by atoms with E-state index in [1.165, 1.54) is 18.4 Å². The van der Waals surface area contributed by atoms with Crippen LogP contribution in [0.3, 0.4) is 0 Å². The van der Waals surface area contributed by atoms with E-state index in [4.69, 9.17) is 4.84 Å². The Balaban J connectivity index is 1.64. The topological polar surface area (TPSA) is 38.3 Å². The number of hydrogen-bond acceptors (Lipinski definition) is 2. The average Bonchev–Trinajstić information content (AvgIpc) is 2.88. The summed E-state index contributed by atoms with van der Waals surface area (Å²) in [6.07, 6.45) is 6.04. The molecule has 1 amide bonds. The summed E-state index contributed by atoms with van der Waals surface area (Å²) in [7, 11) is 0. The average molecular weight is 233 g/mol. The fraction of sp³-hybridized carbons (Fsp3) is 0.500. The maximum Gasteiger partial charge on any atom is 0.243 e. The molecular weight excluding hydrogens is 214 g/mol. The molecule has 0 heterocycles. The van der Waals surface area contributed by atoms with Gasteiger partial charge in [0.05, 0.1) is 6.10 Å². The number of benzene rings is 1. The molecule has 0 aromatic heterocycles. The van der Waals surface area contributed by atoms with Crippen molar-refractivity contribution in [2.24, 2.45) is 0 Å². The van der Waals surface area contributed by atoms with E-state index in [0.29, 0.717) is 6.42 Å². The Kier molecular flexibility index (Phi) is 4.56. The molecule has 3 nitrogen and oxygen atoms in total. The van der Waals surface area contributed by atoms with Crippen molar-refractivity contribution in [2.75, 3.05) is 0 Å². The Labute approximate surface area is 102 Å². The Hall–Kier alpha value is -1.35. The first-order chi connectivity index (χ1) is 8.34. The highest BCUT2D eigenvalue weighted by atomic mass is 16.7. The first kappa shape index (κ1) is 12.1. The minimum absolute atomic E-state index is 0.0271. The molecule has 17 heavy (non-hydrogen) atoms. The molecule has 1 aliphatic rings. The van der Waals surface area contributed by atoms with Crippen molar-refractivity contribution in [2.45, 2.75) is 44.6 Å². The monoisotopic (exact) mass is 233 g/mol. The van der Waals surface area contributed by atoms with Crippen molar-refractivity contribution in [3.05, 3.63) is 35.9 Å². The predicted octanol–water partition coefficient (Wildman–Crippen LogP) is 2.61. The van der Waals surface area contributed by atoms with E-state index in [1.807, 2.05) is 30.3 Å². The van der Waals surface area contributed by atoms with Crippen molar-refractivity contribution in [3.8, 4) is 0 Å². The summed E-state index contributed by atoms with van der Waals surface area (Å²) in [6.45, 7) is 0. The molecule has 1 aromatic rings. The zero-order chi connectivity index (χ0) is 11.9. The largest absolute Gasteiger partial charge is 0.273 e. The molecule has 0 radical (unpaired) electrons. The number of rotatable bonds is 5. The minimum Gasteiger partial charge on any atom is -0.273 e. The fourth-order valence-corrected chi connectivity index (χ4v) is 2.11. The molecule has 0 aliphatic heterocycles. The minimum atomic E-state index is -0.0271. The van der Waals surface area contributed by atoms with Crippen molar-refractivity contribution >= 4 is 5.91 Å². The zero-order valence-corrected chi connectivity index (χ0v) is 10.0. The van der Waals surface area contributed by atoms with E-state index >= 15 is 0 Å². The lowest BCUT2D eigenvalue weighted by atomic mass is 10.1. The van der Waals surface area contributed by atoms with Gasteiger partial charge in [-0.2, -0.15) is 0 Å². The maximum absolute atomic E-state index is 11.5. The van der Waals surface area contributed by atoms with Crippen molar-refractivity contribution in [3.63, 3.8) is 0 Å². The lowest BCUT2D eigenvalue weighted by Gasteiger charge is -2.11. The first-order valence-corrected chi connectivity index (χ1v) is 6.33. The zero-order valence-electron chi connectivity index (χ0n) is 10.0. The van der Waals surface area contributed by atoms with Crippen LogP contribution in [0.1, 0.15) is 37.7 Å². The van der Waals surface area contributed by atoms with Gasteiger partial charge in [-0.15, -0.1) is 0 Å². The second kappa shape index (κ2) is 6.40. The fourth-order valence-electron chi connectivity index (χ4n) is 2.11. The third-order valence-electron chi connectivity index (χ3n) is 3.13. The van der Waals surface area contributed by atoms with Gasteiger partial charge in [-0.1, -0.05) is 43.2 Å². The van der Waals surface area contributed by atoms with Crippen LogP contribution in [0.4, 0.5) is 0 Å². The molecule has 92 valence electrons. The second-order valence-electron chi connectivity index (χ2n) is 4.54. The molecule has 0 unspecified atom stereocenters. The van der Waals surface area contributed by atoms with E-state index in [1.54, 1.807) is 0 Å². The highest BCUT2D eigenvalue weighted by Crippen LogP contribution is 2.19. The number of hydroxylamine groups is 1. The van der Waals surface area contributed by atoms with Gasteiger partial charge in [0.15, 0.2) is 0 Å². The quantitative estimate of drug-likeness (QED) is 0.794. The third-order valence-corrected chi connectivity index (χ3v) is 3.13. The van der Waals surface area contributed by atoms with Gasteiger partial charge >= 0.3 is 0 Å². The lowest BCUT2D eigenvalue weighted by Crippen LogP contribution is -2.28. The van der Waals surface area contributed by atoms with Gasteiger partial charge in [-0.25, -0.2) is 5.48 Å². The highest BCUT2D eigenvalue weighted by Gasteiger charge is 2.16. The number of carbonyl (C=O) groups excluding carboxylic acids is 1. The van der Waals surface area contributed by atoms with Crippen LogP contribution in [-0.4, -0.2) is 12.0 Å². The van der Waals surface area contributed by atoms with Gasteiger partial charge < -0.3 is 0 Å². The molecule has 0 saturated heterocycles. The molecule has 1 fully saturated rings. The Morgan fingerprint density at radius 3 is 2.65 bits per heavy atom. The van der Waals surface area contributed by atoms with Crippen molar-refractivity contribution in [1.29, 1.82) is 0 Å². The van der Waals surface area contributed by atoms with Crippen LogP contribution >= 0.6 is 0 Å². The Bertz CT molecular complexity index is 344. The molecular formula is C14H19NO2. The molecule has 1 N–H and O–H groups in total. The summed E-state index contributed by atoms with van der Waals surface area (Å²) >= 11 is 0. The number of hydrogen-bond donors (Lipinski definition) is 1. The second-order valence-corrected chi connectivity index (χ2v) is 4.54. The van der Waals surface area contributed by atoms with Gasteiger partial charge in [-0.05, 0) is 24.8 Å². The Morgan fingerprint density at radius 1 is 1.24 bits per heavy atom. The number of aryl methyl sites for hydroxylation is 1. The highest BCUT2D eigenvalue weighted by molar-refractivity contribution is 5.75. The SMILES string of the molecule is O=C(CCc1ccccc1)NOC1CCCC1. The molecule has 2 rings (SSSR count). The van der Waals surface area contributed by atoms with Crippen LogP contribution < -0.4 is 5.48 Å². The van der Waals surface area contributed by atoms with E-state index in [0.717, 1.165) is 19.3 Å².